The first-order valence-electron chi connectivity index (χ1n) is 7.11. The Morgan fingerprint density at radius 1 is 1.05 bits per heavy atom. The molecule has 1 aliphatic heterocycles. The number of benzene rings is 2. The molecule has 2 heterocycles. The van der Waals surface area contributed by atoms with Crippen molar-refractivity contribution in [2.45, 2.75) is 19.1 Å². The molecular formula is C18H14O4. The molecule has 1 N–H and O–H groups in total. The molecular weight excluding hydrogens is 280 g/mol. The molecule has 0 spiro atoms. The van der Waals surface area contributed by atoms with Crippen molar-refractivity contribution in [3.8, 4) is 5.75 Å². The van der Waals surface area contributed by atoms with Gasteiger partial charge in [0.15, 0.2) is 5.43 Å². The van der Waals surface area contributed by atoms with E-state index < -0.39 is 0 Å². The van der Waals surface area contributed by atoms with Crippen LogP contribution in [0.1, 0.15) is 29.1 Å². The van der Waals surface area contributed by atoms with Gasteiger partial charge >= 0.3 is 0 Å². The maximum Gasteiger partial charge on any atom is 0.196 e. The SMILES string of the molecule is Cc1ccc([C@@H]2O[C@H]2c2cc(=O)c3c(O)cccc3o2)cc1. The van der Waals surface area contributed by atoms with Crippen LogP contribution < -0.4 is 5.43 Å². The maximum atomic E-state index is 12.2. The molecule has 3 aromatic rings. The van der Waals surface area contributed by atoms with E-state index in [4.69, 9.17) is 9.15 Å². The van der Waals surface area contributed by atoms with Gasteiger partial charge in [-0.15, -0.1) is 0 Å². The lowest BCUT2D eigenvalue weighted by atomic mass is 10.1. The molecule has 2 aromatic carbocycles. The van der Waals surface area contributed by atoms with Gasteiger partial charge < -0.3 is 14.3 Å². The average molecular weight is 294 g/mol. The first-order valence-corrected chi connectivity index (χ1v) is 7.11. The third-order valence-electron chi connectivity index (χ3n) is 3.93. The summed E-state index contributed by atoms with van der Waals surface area (Å²) >= 11 is 0. The number of ether oxygens (including phenoxy) is 1. The largest absolute Gasteiger partial charge is 0.507 e. The molecule has 1 saturated heterocycles. The minimum Gasteiger partial charge on any atom is -0.507 e. The number of epoxide rings is 1. The van der Waals surface area contributed by atoms with Gasteiger partial charge in [0.1, 0.15) is 34.7 Å². The molecule has 4 nitrogen and oxygen atoms in total. The summed E-state index contributed by atoms with van der Waals surface area (Å²) in [6.07, 6.45) is -0.333. The first kappa shape index (κ1) is 13.1. The molecule has 1 aromatic heterocycles. The number of phenols is 1. The van der Waals surface area contributed by atoms with Crippen LogP contribution in [0, 0.1) is 6.92 Å². The number of hydrogen-bond acceptors (Lipinski definition) is 4. The predicted molar refractivity (Wildman–Crippen MR) is 81.9 cm³/mol. The number of fused-ring (bicyclic) bond motifs is 1. The molecule has 0 unspecified atom stereocenters. The summed E-state index contributed by atoms with van der Waals surface area (Å²) in [5.74, 6) is 0.429. The van der Waals surface area contributed by atoms with Gasteiger partial charge in [-0.3, -0.25) is 4.79 Å². The van der Waals surface area contributed by atoms with Crippen LogP contribution in [0.15, 0.2) is 57.7 Å². The Morgan fingerprint density at radius 2 is 1.82 bits per heavy atom. The van der Waals surface area contributed by atoms with Crippen molar-refractivity contribution in [1.82, 2.24) is 0 Å². The molecule has 1 fully saturated rings. The summed E-state index contributed by atoms with van der Waals surface area (Å²) in [7, 11) is 0. The van der Waals surface area contributed by atoms with Gasteiger partial charge in [-0.2, -0.15) is 0 Å². The topological polar surface area (TPSA) is 63.0 Å². The maximum absolute atomic E-state index is 12.2. The number of rotatable bonds is 2. The lowest BCUT2D eigenvalue weighted by molar-refractivity contribution is 0.351. The van der Waals surface area contributed by atoms with Crippen molar-refractivity contribution >= 4 is 11.0 Å². The van der Waals surface area contributed by atoms with E-state index in [1.165, 1.54) is 17.7 Å². The Bertz CT molecular complexity index is 909. The highest BCUT2D eigenvalue weighted by molar-refractivity contribution is 5.82. The van der Waals surface area contributed by atoms with Crippen LogP contribution in [0.25, 0.3) is 11.0 Å². The van der Waals surface area contributed by atoms with Crippen molar-refractivity contribution in [2.24, 2.45) is 0 Å². The molecule has 4 rings (SSSR count). The lowest BCUT2D eigenvalue weighted by Crippen LogP contribution is -2.02. The highest BCUT2D eigenvalue weighted by atomic mass is 16.6. The second-order valence-electron chi connectivity index (χ2n) is 5.55. The predicted octanol–water partition coefficient (Wildman–Crippen LogP) is 3.62. The van der Waals surface area contributed by atoms with Crippen LogP contribution in [0.2, 0.25) is 0 Å². The van der Waals surface area contributed by atoms with Crippen molar-refractivity contribution < 1.29 is 14.3 Å². The average Bonchev–Trinajstić information content (AvgIpc) is 3.28. The monoisotopic (exact) mass is 294 g/mol. The summed E-state index contributed by atoms with van der Waals surface area (Å²) in [5, 5.41) is 9.97. The Labute approximate surface area is 126 Å². The summed E-state index contributed by atoms with van der Waals surface area (Å²) < 4.78 is 11.4. The molecule has 1 aliphatic rings. The fourth-order valence-corrected chi connectivity index (χ4v) is 2.69. The lowest BCUT2D eigenvalue weighted by Gasteiger charge is -2.02. The molecule has 4 heteroatoms. The molecule has 0 saturated carbocycles. The van der Waals surface area contributed by atoms with Crippen LogP contribution in [0.4, 0.5) is 0 Å². The quantitative estimate of drug-likeness (QED) is 0.733. The van der Waals surface area contributed by atoms with Crippen LogP contribution >= 0.6 is 0 Å². The van der Waals surface area contributed by atoms with Gasteiger partial charge in [-0.05, 0) is 24.6 Å². The summed E-state index contributed by atoms with van der Waals surface area (Å²) in [4.78, 5) is 12.2. The van der Waals surface area contributed by atoms with Crippen LogP contribution in [-0.4, -0.2) is 5.11 Å². The zero-order valence-electron chi connectivity index (χ0n) is 11.9. The summed E-state index contributed by atoms with van der Waals surface area (Å²) in [5.41, 5.74) is 2.37. The number of hydrogen-bond donors (Lipinski definition) is 1. The molecule has 0 radical (unpaired) electrons. The van der Waals surface area contributed by atoms with Gasteiger partial charge in [-0.25, -0.2) is 0 Å². The molecule has 22 heavy (non-hydrogen) atoms. The van der Waals surface area contributed by atoms with E-state index in [0.29, 0.717) is 11.3 Å². The fraction of sp³-hybridized carbons (Fsp3) is 0.167. The zero-order chi connectivity index (χ0) is 15.3. The molecule has 2 atom stereocenters. The highest BCUT2D eigenvalue weighted by Gasteiger charge is 2.43. The first-order chi connectivity index (χ1) is 10.6. The van der Waals surface area contributed by atoms with Crippen molar-refractivity contribution in [2.75, 3.05) is 0 Å². The van der Waals surface area contributed by atoms with Gasteiger partial charge in [0.05, 0.1) is 0 Å². The van der Waals surface area contributed by atoms with Crippen LogP contribution in [0.5, 0.6) is 5.75 Å². The zero-order valence-corrected chi connectivity index (χ0v) is 11.9. The standard InChI is InChI=1S/C18H14O4/c1-10-5-7-11(8-6-10)17-18(22-17)15-9-13(20)16-12(19)3-2-4-14(16)21-15/h2-9,17-19H,1H3/t17-,18-/m0/s1. The van der Waals surface area contributed by atoms with E-state index in [1.54, 1.807) is 12.1 Å². The smallest absolute Gasteiger partial charge is 0.196 e. The van der Waals surface area contributed by atoms with Crippen LogP contribution in [0.3, 0.4) is 0 Å². The third kappa shape index (κ3) is 2.09. The van der Waals surface area contributed by atoms with E-state index in [9.17, 15) is 9.90 Å². The molecule has 0 amide bonds. The molecule has 110 valence electrons. The number of aromatic hydroxyl groups is 1. The molecule has 0 bridgehead atoms. The Kier molecular flexibility index (Phi) is 2.81. The minimum absolute atomic E-state index is 0.0652. The van der Waals surface area contributed by atoms with Crippen molar-refractivity contribution in [3.63, 3.8) is 0 Å². The van der Waals surface area contributed by atoms with Crippen molar-refractivity contribution in [1.29, 1.82) is 0 Å². The number of phenolic OH excluding ortho intramolecular Hbond substituents is 1. The summed E-state index contributed by atoms with van der Waals surface area (Å²) in [6, 6.07) is 14.3. The van der Waals surface area contributed by atoms with E-state index >= 15 is 0 Å². The fourth-order valence-electron chi connectivity index (χ4n) is 2.69. The Hall–Kier alpha value is -2.59. The van der Waals surface area contributed by atoms with E-state index in [1.807, 2.05) is 31.2 Å². The van der Waals surface area contributed by atoms with Crippen molar-refractivity contribution in [3.05, 3.63) is 75.6 Å². The van der Waals surface area contributed by atoms with Gasteiger partial charge in [-0.1, -0.05) is 35.9 Å². The summed E-state index contributed by atoms with van der Waals surface area (Å²) in [6.45, 7) is 2.03. The van der Waals surface area contributed by atoms with Crippen LogP contribution in [-0.2, 0) is 4.74 Å². The molecule has 0 aliphatic carbocycles. The Morgan fingerprint density at radius 3 is 2.59 bits per heavy atom. The van der Waals surface area contributed by atoms with Gasteiger partial charge in [0.2, 0.25) is 0 Å². The normalized spacial score (nSPS) is 20.2. The third-order valence-corrected chi connectivity index (χ3v) is 3.93. The minimum atomic E-state index is -0.257. The number of aryl methyl sites for hydroxylation is 1. The van der Waals surface area contributed by atoms with Gasteiger partial charge in [0.25, 0.3) is 0 Å². The Balaban J connectivity index is 1.71. The highest BCUT2D eigenvalue weighted by Crippen LogP contribution is 2.51. The van der Waals surface area contributed by atoms with E-state index in [2.05, 4.69) is 0 Å². The van der Waals surface area contributed by atoms with E-state index in [0.717, 1.165) is 5.56 Å². The second-order valence-corrected chi connectivity index (χ2v) is 5.55. The van der Waals surface area contributed by atoms with E-state index in [-0.39, 0.29) is 28.8 Å². The van der Waals surface area contributed by atoms with Gasteiger partial charge in [0, 0.05) is 6.07 Å². The second kappa shape index (κ2) is 4.71.